The number of carbonyl (C=O) groups excluding carboxylic acids is 2. The Bertz CT molecular complexity index is 708. The molecule has 0 aliphatic carbocycles. The van der Waals surface area contributed by atoms with Gasteiger partial charge in [-0.3, -0.25) is 4.90 Å². The molecule has 1 aliphatic rings. The van der Waals surface area contributed by atoms with Gasteiger partial charge < -0.3 is 14.2 Å². The SMILES string of the molecule is COC(=O)[C@@]1(CCCCl)C[C@@H](Oc2cccc(I)c2)CN1C(=O)OC(C)(C)C. The zero-order chi connectivity index (χ0) is 20.9. The third-order valence-corrected chi connectivity index (χ3v) is 5.41. The third-order valence-electron chi connectivity index (χ3n) is 4.47. The van der Waals surface area contributed by atoms with Crippen LogP contribution in [0.25, 0.3) is 0 Å². The van der Waals surface area contributed by atoms with Crippen molar-refractivity contribution in [2.24, 2.45) is 0 Å². The van der Waals surface area contributed by atoms with E-state index in [4.69, 9.17) is 25.8 Å². The standard InChI is InChI=1S/C20H27ClINO5/c1-19(2,3)28-18(25)23-13-16(27-15-8-5-7-14(22)11-15)12-20(23,9-6-10-21)17(24)26-4/h5,7-8,11,16H,6,9-10,12-13H2,1-4H3/t16-,20-/m1/s1. The molecule has 1 aliphatic heterocycles. The van der Waals surface area contributed by atoms with Crippen LogP contribution in [0.1, 0.15) is 40.0 Å². The molecule has 1 heterocycles. The smallest absolute Gasteiger partial charge is 0.411 e. The van der Waals surface area contributed by atoms with Crippen LogP contribution in [0, 0.1) is 3.57 Å². The van der Waals surface area contributed by atoms with E-state index >= 15 is 0 Å². The molecular weight excluding hydrogens is 497 g/mol. The fraction of sp³-hybridized carbons (Fsp3) is 0.600. The molecule has 1 fully saturated rings. The number of benzene rings is 1. The van der Waals surface area contributed by atoms with Gasteiger partial charge in [0.1, 0.15) is 23.0 Å². The molecule has 0 aromatic heterocycles. The second kappa shape index (κ2) is 9.52. The van der Waals surface area contributed by atoms with Crippen molar-refractivity contribution in [3.8, 4) is 5.75 Å². The monoisotopic (exact) mass is 523 g/mol. The number of nitrogens with zero attached hydrogens (tertiary/aromatic N) is 1. The van der Waals surface area contributed by atoms with Crippen molar-refractivity contribution in [2.45, 2.75) is 57.3 Å². The highest BCUT2D eigenvalue weighted by Gasteiger charge is 2.55. The lowest BCUT2D eigenvalue weighted by Crippen LogP contribution is -2.54. The number of methoxy groups -OCH3 is 1. The summed E-state index contributed by atoms with van der Waals surface area (Å²) >= 11 is 8.10. The van der Waals surface area contributed by atoms with Crippen molar-refractivity contribution < 1.29 is 23.8 Å². The molecular formula is C20H27ClINO5. The molecule has 6 nitrogen and oxygen atoms in total. The molecule has 0 N–H and O–H groups in total. The van der Waals surface area contributed by atoms with Crippen LogP contribution in [0.4, 0.5) is 4.79 Å². The van der Waals surface area contributed by atoms with Gasteiger partial charge in [-0.2, -0.15) is 0 Å². The molecule has 1 amide bonds. The van der Waals surface area contributed by atoms with E-state index in [0.29, 0.717) is 30.9 Å². The van der Waals surface area contributed by atoms with Gasteiger partial charge in [-0.05, 0) is 74.4 Å². The molecule has 1 aromatic rings. The van der Waals surface area contributed by atoms with Crippen molar-refractivity contribution in [3.63, 3.8) is 0 Å². The highest BCUT2D eigenvalue weighted by atomic mass is 127. The van der Waals surface area contributed by atoms with Gasteiger partial charge >= 0.3 is 12.1 Å². The van der Waals surface area contributed by atoms with Gasteiger partial charge in [-0.1, -0.05) is 6.07 Å². The maximum atomic E-state index is 12.9. The van der Waals surface area contributed by atoms with Gasteiger partial charge in [-0.25, -0.2) is 9.59 Å². The molecule has 0 radical (unpaired) electrons. The predicted molar refractivity (Wildman–Crippen MR) is 116 cm³/mol. The number of hydrogen-bond donors (Lipinski definition) is 0. The quantitative estimate of drug-likeness (QED) is 0.310. The minimum atomic E-state index is -1.15. The van der Waals surface area contributed by atoms with E-state index in [1.54, 1.807) is 20.8 Å². The van der Waals surface area contributed by atoms with E-state index in [9.17, 15) is 9.59 Å². The molecule has 0 spiro atoms. The fourth-order valence-corrected chi connectivity index (χ4v) is 4.04. The molecule has 1 aromatic carbocycles. The molecule has 2 rings (SSSR count). The second-order valence-corrected chi connectivity index (χ2v) is 9.43. The summed E-state index contributed by atoms with van der Waals surface area (Å²) < 4.78 is 17.8. The first kappa shape index (κ1) is 23.1. The van der Waals surface area contributed by atoms with Crippen LogP contribution < -0.4 is 4.74 Å². The average molecular weight is 524 g/mol. The summed E-state index contributed by atoms with van der Waals surface area (Å²) in [6, 6.07) is 7.64. The predicted octanol–water partition coefficient (Wildman–Crippen LogP) is 4.61. The van der Waals surface area contributed by atoms with Crippen LogP contribution in [0.15, 0.2) is 24.3 Å². The van der Waals surface area contributed by atoms with Crippen molar-refractivity contribution in [2.75, 3.05) is 19.5 Å². The van der Waals surface area contributed by atoms with E-state index in [1.165, 1.54) is 12.0 Å². The summed E-state index contributed by atoms with van der Waals surface area (Å²) in [5, 5.41) is 0. The zero-order valence-electron chi connectivity index (χ0n) is 16.7. The summed E-state index contributed by atoms with van der Waals surface area (Å²) in [7, 11) is 1.33. The molecule has 0 bridgehead atoms. The molecule has 2 atom stereocenters. The lowest BCUT2D eigenvalue weighted by atomic mass is 9.90. The van der Waals surface area contributed by atoms with Crippen LogP contribution in [-0.4, -0.2) is 53.7 Å². The number of hydrogen-bond acceptors (Lipinski definition) is 5. The van der Waals surface area contributed by atoms with Crippen LogP contribution in [-0.2, 0) is 14.3 Å². The average Bonchev–Trinajstić information content (AvgIpc) is 2.97. The third kappa shape index (κ3) is 5.65. The van der Waals surface area contributed by atoms with Gasteiger partial charge in [0.15, 0.2) is 0 Å². The maximum Gasteiger partial charge on any atom is 0.411 e. The first-order chi connectivity index (χ1) is 13.1. The highest BCUT2D eigenvalue weighted by molar-refractivity contribution is 14.1. The summed E-state index contributed by atoms with van der Waals surface area (Å²) in [6.45, 7) is 5.61. The Morgan fingerprint density at radius 3 is 2.64 bits per heavy atom. The lowest BCUT2D eigenvalue weighted by Gasteiger charge is -2.36. The Morgan fingerprint density at radius 1 is 1.36 bits per heavy atom. The Kier molecular flexibility index (Phi) is 7.84. The Balaban J connectivity index is 2.33. The number of carbonyl (C=O) groups is 2. The van der Waals surface area contributed by atoms with Crippen LogP contribution in [0.5, 0.6) is 5.75 Å². The van der Waals surface area contributed by atoms with Gasteiger partial charge in [0.2, 0.25) is 0 Å². The fourth-order valence-electron chi connectivity index (χ4n) is 3.39. The Hall–Kier alpha value is -1.22. The molecule has 8 heteroatoms. The number of alkyl halides is 1. The molecule has 28 heavy (non-hydrogen) atoms. The van der Waals surface area contributed by atoms with Gasteiger partial charge in [0.25, 0.3) is 0 Å². The van der Waals surface area contributed by atoms with E-state index in [2.05, 4.69) is 22.6 Å². The number of esters is 1. The number of rotatable bonds is 6. The first-order valence-electron chi connectivity index (χ1n) is 9.18. The number of ether oxygens (including phenoxy) is 3. The highest BCUT2D eigenvalue weighted by Crippen LogP contribution is 2.38. The number of amides is 1. The Morgan fingerprint density at radius 2 is 2.07 bits per heavy atom. The van der Waals surface area contributed by atoms with Gasteiger partial charge in [-0.15, -0.1) is 11.6 Å². The zero-order valence-corrected chi connectivity index (χ0v) is 19.6. The van der Waals surface area contributed by atoms with Crippen molar-refractivity contribution in [3.05, 3.63) is 27.8 Å². The van der Waals surface area contributed by atoms with E-state index in [0.717, 1.165) is 3.57 Å². The summed E-state index contributed by atoms with van der Waals surface area (Å²) in [5.74, 6) is 0.597. The number of halogens is 2. The van der Waals surface area contributed by atoms with Crippen LogP contribution in [0.3, 0.4) is 0 Å². The van der Waals surface area contributed by atoms with Crippen LogP contribution >= 0.6 is 34.2 Å². The number of likely N-dealkylation sites (tertiary alicyclic amines) is 1. The van der Waals surface area contributed by atoms with E-state index in [-0.39, 0.29) is 12.6 Å². The summed E-state index contributed by atoms with van der Waals surface area (Å²) in [4.78, 5) is 27.2. The first-order valence-corrected chi connectivity index (χ1v) is 10.8. The molecule has 0 saturated carbocycles. The normalized spacial score (nSPS) is 22.1. The molecule has 156 valence electrons. The maximum absolute atomic E-state index is 12.9. The van der Waals surface area contributed by atoms with Crippen molar-refractivity contribution >= 4 is 46.3 Å². The minimum absolute atomic E-state index is 0.234. The summed E-state index contributed by atoms with van der Waals surface area (Å²) in [6.07, 6.45) is 0.350. The summed E-state index contributed by atoms with van der Waals surface area (Å²) in [5.41, 5.74) is -1.83. The Labute approximate surface area is 185 Å². The van der Waals surface area contributed by atoms with E-state index in [1.807, 2.05) is 24.3 Å². The molecule has 1 saturated heterocycles. The van der Waals surface area contributed by atoms with Crippen molar-refractivity contribution in [1.82, 2.24) is 4.90 Å². The van der Waals surface area contributed by atoms with Gasteiger partial charge in [0, 0.05) is 15.9 Å². The van der Waals surface area contributed by atoms with Gasteiger partial charge in [0.05, 0.1) is 13.7 Å². The minimum Gasteiger partial charge on any atom is -0.488 e. The lowest BCUT2D eigenvalue weighted by molar-refractivity contribution is -0.153. The van der Waals surface area contributed by atoms with E-state index < -0.39 is 23.2 Å². The second-order valence-electron chi connectivity index (χ2n) is 7.81. The van der Waals surface area contributed by atoms with Crippen molar-refractivity contribution in [1.29, 1.82) is 0 Å². The van der Waals surface area contributed by atoms with Crippen LogP contribution in [0.2, 0.25) is 0 Å². The topological polar surface area (TPSA) is 65.1 Å². The largest absolute Gasteiger partial charge is 0.488 e. The molecule has 0 unspecified atom stereocenters.